The molecule has 2 heterocycles. The molecule has 1 N–H and O–H groups in total. The highest BCUT2D eigenvalue weighted by Crippen LogP contribution is 2.44. The minimum atomic E-state index is 0.492. The molecule has 1 saturated carbocycles. The molecular formula is C15H28N2. The van der Waals surface area contributed by atoms with Gasteiger partial charge in [-0.15, -0.1) is 0 Å². The Hall–Kier alpha value is -0.0800. The molecule has 1 spiro atoms. The van der Waals surface area contributed by atoms with E-state index in [9.17, 15) is 0 Å². The summed E-state index contributed by atoms with van der Waals surface area (Å²) in [7, 11) is 0. The summed E-state index contributed by atoms with van der Waals surface area (Å²) in [5, 5.41) is 3.94. The van der Waals surface area contributed by atoms with Crippen molar-refractivity contribution in [3.05, 3.63) is 0 Å². The van der Waals surface area contributed by atoms with Crippen molar-refractivity contribution >= 4 is 0 Å². The number of nitrogens with zero attached hydrogens (tertiary/aromatic N) is 1. The molecule has 2 atom stereocenters. The molecule has 3 fully saturated rings. The minimum absolute atomic E-state index is 0.492. The van der Waals surface area contributed by atoms with Gasteiger partial charge in [0, 0.05) is 12.1 Å². The second kappa shape index (κ2) is 3.96. The quantitative estimate of drug-likeness (QED) is 0.695. The predicted molar refractivity (Wildman–Crippen MR) is 71.9 cm³/mol. The molecular weight excluding hydrogens is 208 g/mol. The summed E-state index contributed by atoms with van der Waals surface area (Å²) in [6, 6.07) is 0. The van der Waals surface area contributed by atoms with Crippen molar-refractivity contribution in [1.29, 1.82) is 0 Å². The molecule has 1 aliphatic carbocycles. The van der Waals surface area contributed by atoms with Crippen LogP contribution in [0.5, 0.6) is 0 Å². The largest absolute Gasteiger partial charge is 0.296 e. The highest BCUT2D eigenvalue weighted by molar-refractivity contribution is 5.06. The van der Waals surface area contributed by atoms with Crippen molar-refractivity contribution in [1.82, 2.24) is 10.2 Å². The van der Waals surface area contributed by atoms with Gasteiger partial charge in [0.1, 0.15) is 0 Å². The Morgan fingerprint density at radius 1 is 1.00 bits per heavy atom. The zero-order chi connectivity index (χ0) is 12.1. The second-order valence-electron chi connectivity index (χ2n) is 7.66. The van der Waals surface area contributed by atoms with Gasteiger partial charge in [-0.2, -0.15) is 0 Å². The number of nitrogens with one attached hydrogen (secondary N) is 1. The third kappa shape index (κ3) is 2.39. The zero-order valence-corrected chi connectivity index (χ0v) is 11.8. The summed E-state index contributed by atoms with van der Waals surface area (Å²) < 4.78 is 0. The van der Waals surface area contributed by atoms with Crippen LogP contribution in [0.15, 0.2) is 0 Å². The van der Waals surface area contributed by atoms with Crippen molar-refractivity contribution in [3.63, 3.8) is 0 Å². The smallest absolute Gasteiger partial charge is 0.0601 e. The van der Waals surface area contributed by atoms with Gasteiger partial charge in [-0.25, -0.2) is 0 Å². The first-order valence-electron chi connectivity index (χ1n) is 7.50. The number of hydrogen-bond donors (Lipinski definition) is 1. The molecule has 3 aliphatic rings. The summed E-state index contributed by atoms with van der Waals surface area (Å²) in [5.74, 6) is 0.907. The lowest BCUT2D eigenvalue weighted by atomic mass is 9.76. The van der Waals surface area contributed by atoms with Crippen LogP contribution >= 0.6 is 0 Å². The Morgan fingerprint density at radius 3 is 2.41 bits per heavy atom. The summed E-state index contributed by atoms with van der Waals surface area (Å²) in [4.78, 5) is 2.72. The van der Waals surface area contributed by atoms with Crippen LogP contribution in [0.3, 0.4) is 0 Å². The number of fused-ring (bicyclic) bond motifs is 1. The van der Waals surface area contributed by atoms with Crippen LogP contribution in [-0.4, -0.2) is 29.7 Å². The summed E-state index contributed by atoms with van der Waals surface area (Å²) in [6.07, 6.45) is 9.12. The van der Waals surface area contributed by atoms with Gasteiger partial charge in [-0.1, -0.05) is 20.8 Å². The van der Waals surface area contributed by atoms with E-state index in [1.165, 1.54) is 51.6 Å². The lowest BCUT2D eigenvalue weighted by molar-refractivity contribution is 0.0972. The van der Waals surface area contributed by atoms with Crippen LogP contribution in [0.2, 0.25) is 0 Å². The van der Waals surface area contributed by atoms with E-state index in [1.54, 1.807) is 0 Å². The van der Waals surface area contributed by atoms with E-state index in [4.69, 9.17) is 0 Å². The first-order valence-corrected chi connectivity index (χ1v) is 7.50. The minimum Gasteiger partial charge on any atom is -0.296 e. The van der Waals surface area contributed by atoms with E-state index >= 15 is 0 Å². The molecule has 2 nitrogen and oxygen atoms in total. The fraction of sp³-hybridized carbons (Fsp3) is 1.00. The van der Waals surface area contributed by atoms with E-state index in [0.717, 1.165) is 5.92 Å². The monoisotopic (exact) mass is 236 g/mol. The molecule has 2 aliphatic heterocycles. The van der Waals surface area contributed by atoms with Crippen LogP contribution in [0.25, 0.3) is 0 Å². The summed E-state index contributed by atoms with van der Waals surface area (Å²) in [6.45, 7) is 9.90. The topological polar surface area (TPSA) is 15.3 Å². The lowest BCUT2D eigenvalue weighted by Gasteiger charge is -2.40. The second-order valence-corrected chi connectivity index (χ2v) is 7.66. The molecule has 0 aromatic heterocycles. The van der Waals surface area contributed by atoms with E-state index in [2.05, 4.69) is 31.0 Å². The molecule has 98 valence electrons. The zero-order valence-electron chi connectivity index (χ0n) is 11.8. The Kier molecular flexibility index (Phi) is 2.79. The molecule has 2 unspecified atom stereocenters. The van der Waals surface area contributed by atoms with E-state index in [-0.39, 0.29) is 0 Å². The predicted octanol–water partition coefficient (Wildman–Crippen LogP) is 2.99. The van der Waals surface area contributed by atoms with Crippen molar-refractivity contribution in [2.75, 3.05) is 13.1 Å². The molecule has 0 aromatic carbocycles. The van der Waals surface area contributed by atoms with Gasteiger partial charge in [0.2, 0.25) is 0 Å². The standard InChI is InChI=1S/C15H28N2/c1-14(2,3)12-4-5-13-16-15(7-8-15)9-11-17(13)10-6-12/h12-13,16H,4-11H2,1-3H3. The molecule has 2 saturated heterocycles. The van der Waals surface area contributed by atoms with Crippen molar-refractivity contribution in [2.45, 2.75) is 71.0 Å². The molecule has 0 radical (unpaired) electrons. The van der Waals surface area contributed by atoms with Crippen LogP contribution in [-0.2, 0) is 0 Å². The van der Waals surface area contributed by atoms with Gasteiger partial charge in [-0.05, 0) is 56.4 Å². The van der Waals surface area contributed by atoms with E-state index in [0.29, 0.717) is 17.1 Å². The van der Waals surface area contributed by atoms with Gasteiger partial charge < -0.3 is 0 Å². The number of hydrogen-bond acceptors (Lipinski definition) is 2. The van der Waals surface area contributed by atoms with Gasteiger partial charge >= 0.3 is 0 Å². The summed E-state index contributed by atoms with van der Waals surface area (Å²) >= 11 is 0. The van der Waals surface area contributed by atoms with Crippen LogP contribution in [0.1, 0.15) is 59.3 Å². The molecule has 3 rings (SSSR count). The van der Waals surface area contributed by atoms with Crippen molar-refractivity contribution in [3.8, 4) is 0 Å². The Labute approximate surface area is 106 Å². The first-order chi connectivity index (χ1) is 7.99. The SMILES string of the molecule is CC(C)(C)C1CCC2NC3(CCN2CC1)CC3. The van der Waals surface area contributed by atoms with Gasteiger partial charge in [0.25, 0.3) is 0 Å². The Bertz CT molecular complexity index is 288. The third-order valence-corrected chi connectivity index (χ3v) is 5.42. The fourth-order valence-corrected chi connectivity index (χ4v) is 3.79. The third-order valence-electron chi connectivity index (χ3n) is 5.42. The maximum absolute atomic E-state index is 3.94. The van der Waals surface area contributed by atoms with E-state index < -0.39 is 0 Å². The number of rotatable bonds is 0. The van der Waals surface area contributed by atoms with Crippen LogP contribution < -0.4 is 5.32 Å². The highest BCUT2D eigenvalue weighted by atomic mass is 15.3. The molecule has 0 amide bonds. The van der Waals surface area contributed by atoms with Crippen molar-refractivity contribution < 1.29 is 0 Å². The molecule has 17 heavy (non-hydrogen) atoms. The normalized spacial score (nSPS) is 37.6. The maximum Gasteiger partial charge on any atom is 0.0601 e. The maximum atomic E-state index is 3.94. The van der Waals surface area contributed by atoms with Crippen LogP contribution in [0, 0.1) is 11.3 Å². The lowest BCUT2D eigenvalue weighted by Crippen LogP contribution is -2.56. The van der Waals surface area contributed by atoms with Crippen molar-refractivity contribution in [2.24, 2.45) is 11.3 Å². The van der Waals surface area contributed by atoms with Gasteiger partial charge in [0.15, 0.2) is 0 Å². The molecule has 2 heteroatoms. The summed E-state index contributed by atoms with van der Waals surface area (Å²) in [5.41, 5.74) is 1.08. The van der Waals surface area contributed by atoms with Gasteiger partial charge in [0.05, 0.1) is 6.17 Å². The molecule has 0 aromatic rings. The fourth-order valence-electron chi connectivity index (χ4n) is 3.79. The highest BCUT2D eigenvalue weighted by Gasteiger charge is 2.48. The Balaban J connectivity index is 1.65. The first kappa shape index (κ1) is 12.0. The average molecular weight is 236 g/mol. The van der Waals surface area contributed by atoms with Gasteiger partial charge in [-0.3, -0.25) is 10.2 Å². The van der Waals surface area contributed by atoms with E-state index in [1.807, 2.05) is 0 Å². The molecule has 0 bridgehead atoms. The average Bonchev–Trinajstić information content (AvgIpc) is 3.01. The van der Waals surface area contributed by atoms with Crippen LogP contribution in [0.4, 0.5) is 0 Å². The Morgan fingerprint density at radius 2 is 1.76 bits per heavy atom.